The van der Waals surface area contributed by atoms with Gasteiger partial charge in [0, 0.05) is 10.9 Å². The van der Waals surface area contributed by atoms with Crippen LogP contribution >= 0.6 is 11.6 Å². The molecule has 1 aromatic heterocycles. The number of esters is 1. The summed E-state index contributed by atoms with van der Waals surface area (Å²) in [7, 11) is 0. The molecular formula is C19H15ClFNO3. The Kier molecular flexibility index (Phi) is 5.14. The Hall–Kier alpha value is -2.66. The molecule has 0 aliphatic heterocycles. The average Bonchev–Trinajstić information content (AvgIpc) is 2.61. The molecule has 6 heteroatoms. The SMILES string of the molecule is C[C@@H](Oc1ccc(F)cc1)C(=O)OCc1cc2ccccc2nc1Cl. The quantitative estimate of drug-likeness (QED) is 0.495. The maximum absolute atomic E-state index is 12.9. The van der Waals surface area contributed by atoms with E-state index in [1.165, 1.54) is 24.3 Å². The van der Waals surface area contributed by atoms with Crippen LogP contribution in [0.1, 0.15) is 12.5 Å². The number of pyridine rings is 1. The molecule has 0 aliphatic carbocycles. The number of carbonyl (C=O) groups excluding carboxylic acids is 1. The van der Waals surface area contributed by atoms with Gasteiger partial charge in [0.05, 0.1) is 5.52 Å². The summed E-state index contributed by atoms with van der Waals surface area (Å²) in [4.78, 5) is 16.4. The first-order chi connectivity index (χ1) is 12.0. The van der Waals surface area contributed by atoms with Crippen LogP contribution in [0.4, 0.5) is 4.39 Å². The van der Waals surface area contributed by atoms with Crippen LogP contribution in [-0.4, -0.2) is 17.1 Å². The lowest BCUT2D eigenvalue weighted by Gasteiger charge is -2.14. The van der Waals surface area contributed by atoms with Gasteiger partial charge < -0.3 is 9.47 Å². The Balaban J connectivity index is 1.63. The van der Waals surface area contributed by atoms with E-state index in [9.17, 15) is 9.18 Å². The van der Waals surface area contributed by atoms with Crippen LogP contribution < -0.4 is 4.74 Å². The molecule has 0 amide bonds. The number of rotatable bonds is 5. The van der Waals surface area contributed by atoms with Gasteiger partial charge in [0.25, 0.3) is 0 Å². The normalized spacial score (nSPS) is 12.0. The summed E-state index contributed by atoms with van der Waals surface area (Å²) in [5.41, 5.74) is 1.39. The number of nitrogens with zero attached hydrogens (tertiary/aromatic N) is 1. The van der Waals surface area contributed by atoms with Gasteiger partial charge in [-0.25, -0.2) is 14.2 Å². The molecule has 4 nitrogen and oxygen atoms in total. The highest BCUT2D eigenvalue weighted by atomic mass is 35.5. The molecular weight excluding hydrogens is 345 g/mol. The van der Waals surface area contributed by atoms with Gasteiger partial charge in [0.2, 0.25) is 0 Å². The molecule has 3 aromatic rings. The first-order valence-electron chi connectivity index (χ1n) is 7.66. The van der Waals surface area contributed by atoms with Crippen LogP contribution in [0.5, 0.6) is 5.75 Å². The zero-order valence-corrected chi connectivity index (χ0v) is 14.2. The van der Waals surface area contributed by atoms with Crippen molar-refractivity contribution < 1.29 is 18.7 Å². The molecule has 0 radical (unpaired) electrons. The predicted octanol–water partition coefficient (Wildman–Crippen LogP) is 4.54. The van der Waals surface area contributed by atoms with E-state index >= 15 is 0 Å². The molecule has 0 saturated carbocycles. The molecule has 0 N–H and O–H groups in total. The van der Waals surface area contributed by atoms with Crippen molar-refractivity contribution in [3.05, 3.63) is 71.1 Å². The number of fused-ring (bicyclic) bond motifs is 1. The Morgan fingerprint density at radius 1 is 1.20 bits per heavy atom. The fraction of sp³-hybridized carbons (Fsp3) is 0.158. The predicted molar refractivity (Wildman–Crippen MR) is 93.0 cm³/mol. The van der Waals surface area contributed by atoms with E-state index in [-0.39, 0.29) is 12.4 Å². The molecule has 1 heterocycles. The van der Waals surface area contributed by atoms with E-state index in [2.05, 4.69) is 4.98 Å². The third kappa shape index (κ3) is 4.25. The van der Waals surface area contributed by atoms with Gasteiger partial charge in [-0.2, -0.15) is 0 Å². The first-order valence-corrected chi connectivity index (χ1v) is 8.04. The average molecular weight is 360 g/mol. The summed E-state index contributed by atoms with van der Waals surface area (Å²) in [5, 5.41) is 1.20. The lowest BCUT2D eigenvalue weighted by atomic mass is 10.2. The summed E-state index contributed by atoms with van der Waals surface area (Å²) < 4.78 is 23.6. The van der Waals surface area contributed by atoms with E-state index in [1.807, 2.05) is 30.3 Å². The first kappa shape index (κ1) is 17.2. The van der Waals surface area contributed by atoms with Gasteiger partial charge >= 0.3 is 5.97 Å². The number of carbonyl (C=O) groups is 1. The van der Waals surface area contributed by atoms with Crippen molar-refractivity contribution in [1.82, 2.24) is 4.98 Å². The number of aromatic nitrogens is 1. The fourth-order valence-corrected chi connectivity index (χ4v) is 2.47. The van der Waals surface area contributed by atoms with Gasteiger partial charge in [0.1, 0.15) is 23.3 Å². The minimum absolute atomic E-state index is 0.00732. The largest absolute Gasteiger partial charge is 0.479 e. The van der Waals surface area contributed by atoms with Crippen molar-refractivity contribution in [3.8, 4) is 5.75 Å². The zero-order valence-electron chi connectivity index (χ0n) is 13.4. The van der Waals surface area contributed by atoms with Crippen molar-refractivity contribution in [2.75, 3.05) is 0 Å². The third-order valence-electron chi connectivity index (χ3n) is 3.58. The van der Waals surface area contributed by atoms with Crippen LogP contribution in [-0.2, 0) is 16.1 Å². The van der Waals surface area contributed by atoms with Crippen LogP contribution in [0.25, 0.3) is 10.9 Å². The Morgan fingerprint density at radius 3 is 2.68 bits per heavy atom. The van der Waals surface area contributed by atoms with Gasteiger partial charge in [-0.05, 0) is 43.3 Å². The highest BCUT2D eigenvalue weighted by Crippen LogP contribution is 2.21. The van der Waals surface area contributed by atoms with Gasteiger partial charge in [-0.3, -0.25) is 0 Å². The maximum Gasteiger partial charge on any atom is 0.347 e. The van der Waals surface area contributed by atoms with Crippen LogP contribution in [0.15, 0.2) is 54.6 Å². The van der Waals surface area contributed by atoms with E-state index < -0.39 is 12.1 Å². The number of para-hydroxylation sites is 1. The molecule has 0 spiro atoms. The molecule has 25 heavy (non-hydrogen) atoms. The molecule has 0 saturated heterocycles. The van der Waals surface area contributed by atoms with Crippen LogP contribution in [0, 0.1) is 5.82 Å². The monoisotopic (exact) mass is 359 g/mol. The van der Waals surface area contributed by atoms with E-state index in [0.29, 0.717) is 16.5 Å². The Labute approximate surface area is 149 Å². The third-order valence-corrected chi connectivity index (χ3v) is 3.91. The minimum Gasteiger partial charge on any atom is -0.479 e. The molecule has 1 atom stereocenters. The topological polar surface area (TPSA) is 48.4 Å². The smallest absolute Gasteiger partial charge is 0.347 e. The van der Waals surface area contributed by atoms with Crippen molar-refractivity contribution in [2.45, 2.75) is 19.6 Å². The van der Waals surface area contributed by atoms with E-state index in [1.54, 1.807) is 6.92 Å². The second-order valence-corrected chi connectivity index (χ2v) is 5.81. The van der Waals surface area contributed by atoms with Crippen molar-refractivity contribution in [1.29, 1.82) is 0 Å². The molecule has 2 aromatic carbocycles. The molecule has 0 unspecified atom stereocenters. The Morgan fingerprint density at radius 2 is 1.92 bits per heavy atom. The zero-order chi connectivity index (χ0) is 17.8. The lowest BCUT2D eigenvalue weighted by Crippen LogP contribution is -2.26. The standard InChI is InChI=1S/C19H15ClFNO3/c1-12(25-16-8-6-15(21)7-9-16)19(23)24-11-14-10-13-4-2-3-5-17(13)22-18(14)20/h2-10,12H,11H2,1H3/t12-/m1/s1. The molecule has 0 bridgehead atoms. The van der Waals surface area contributed by atoms with Crippen molar-refractivity contribution >= 4 is 28.5 Å². The second-order valence-electron chi connectivity index (χ2n) is 5.45. The number of hydrogen-bond donors (Lipinski definition) is 0. The maximum atomic E-state index is 12.9. The lowest BCUT2D eigenvalue weighted by molar-refractivity contribution is -0.152. The summed E-state index contributed by atoms with van der Waals surface area (Å²) in [5.74, 6) is -0.536. The van der Waals surface area contributed by atoms with E-state index in [4.69, 9.17) is 21.1 Å². The number of benzene rings is 2. The highest BCUT2D eigenvalue weighted by Gasteiger charge is 2.17. The number of halogens is 2. The number of hydrogen-bond acceptors (Lipinski definition) is 4. The summed E-state index contributed by atoms with van der Waals surface area (Å²) >= 11 is 6.14. The molecule has 0 aliphatic rings. The van der Waals surface area contributed by atoms with Crippen molar-refractivity contribution in [2.24, 2.45) is 0 Å². The van der Waals surface area contributed by atoms with Crippen LogP contribution in [0.2, 0.25) is 5.15 Å². The fourth-order valence-electron chi connectivity index (χ4n) is 2.27. The number of ether oxygens (including phenoxy) is 2. The van der Waals surface area contributed by atoms with Crippen molar-refractivity contribution in [3.63, 3.8) is 0 Å². The summed E-state index contributed by atoms with van der Waals surface area (Å²) in [6, 6.07) is 14.8. The summed E-state index contributed by atoms with van der Waals surface area (Å²) in [6.07, 6.45) is -0.836. The molecule has 0 fully saturated rings. The summed E-state index contributed by atoms with van der Waals surface area (Å²) in [6.45, 7) is 1.55. The Bertz CT molecular complexity index is 899. The molecule has 128 valence electrons. The minimum atomic E-state index is -0.836. The van der Waals surface area contributed by atoms with Gasteiger partial charge in [-0.1, -0.05) is 29.8 Å². The highest BCUT2D eigenvalue weighted by molar-refractivity contribution is 6.30. The van der Waals surface area contributed by atoms with Gasteiger partial charge in [-0.15, -0.1) is 0 Å². The van der Waals surface area contributed by atoms with Gasteiger partial charge in [0.15, 0.2) is 6.10 Å². The van der Waals surface area contributed by atoms with Crippen LogP contribution in [0.3, 0.4) is 0 Å². The molecule has 3 rings (SSSR count). The second kappa shape index (κ2) is 7.49. The van der Waals surface area contributed by atoms with E-state index in [0.717, 1.165) is 10.9 Å².